The van der Waals surface area contributed by atoms with Crippen molar-refractivity contribution in [2.45, 2.75) is 38.3 Å². The summed E-state index contributed by atoms with van der Waals surface area (Å²) in [6, 6.07) is 7.01. The zero-order valence-electron chi connectivity index (χ0n) is 20.4. The van der Waals surface area contributed by atoms with E-state index in [0.29, 0.717) is 44.8 Å². The van der Waals surface area contributed by atoms with Gasteiger partial charge in [0, 0.05) is 42.1 Å². The summed E-state index contributed by atoms with van der Waals surface area (Å²) in [6.45, 7) is 0.0927. The van der Waals surface area contributed by atoms with E-state index in [1.54, 1.807) is 25.4 Å². The molecule has 0 amide bonds. The summed E-state index contributed by atoms with van der Waals surface area (Å²) in [5, 5.41) is 21.9. The Labute approximate surface area is 222 Å². The van der Waals surface area contributed by atoms with Gasteiger partial charge >= 0.3 is 0 Å². The van der Waals surface area contributed by atoms with Crippen LogP contribution in [0.25, 0.3) is 33.2 Å². The molecule has 38 heavy (non-hydrogen) atoms. The summed E-state index contributed by atoms with van der Waals surface area (Å²) in [6.07, 6.45) is 5.35. The zero-order chi connectivity index (χ0) is 26.6. The van der Waals surface area contributed by atoms with Crippen molar-refractivity contribution in [3.05, 3.63) is 62.4 Å². The number of H-pyrrole nitrogens is 1. The molecule has 2 fully saturated rings. The Bertz CT molecular complexity index is 1780. The molecule has 10 heteroatoms. The molecular formula is C28H22ClFN6O2. The number of nitriles is 1. The smallest absolute Gasteiger partial charge is 0.273 e. The fraction of sp³-hybridized carbons (Fsp3) is 0.286. The van der Waals surface area contributed by atoms with Crippen LogP contribution in [0.2, 0.25) is 5.02 Å². The van der Waals surface area contributed by atoms with Crippen LogP contribution in [0.3, 0.4) is 0 Å². The van der Waals surface area contributed by atoms with E-state index >= 15 is 4.39 Å². The molecule has 2 heterocycles. The Morgan fingerprint density at radius 1 is 1.29 bits per heavy atom. The summed E-state index contributed by atoms with van der Waals surface area (Å²) in [5.41, 5.74) is 8.12. The van der Waals surface area contributed by atoms with Crippen LogP contribution >= 0.6 is 11.6 Å². The van der Waals surface area contributed by atoms with E-state index in [1.807, 2.05) is 0 Å². The molecule has 6 rings (SSSR count). The van der Waals surface area contributed by atoms with Gasteiger partial charge in [-0.25, -0.2) is 9.49 Å². The Morgan fingerprint density at radius 2 is 2.08 bits per heavy atom. The summed E-state index contributed by atoms with van der Waals surface area (Å²) >= 11 is 6.28. The van der Waals surface area contributed by atoms with Crippen molar-refractivity contribution < 1.29 is 9.13 Å². The molecule has 190 valence electrons. The molecular weight excluding hydrogens is 507 g/mol. The van der Waals surface area contributed by atoms with Crippen LogP contribution in [-0.4, -0.2) is 26.1 Å². The normalized spacial score (nSPS) is 14.7. The minimum absolute atomic E-state index is 0.000515. The zero-order valence-corrected chi connectivity index (χ0v) is 21.2. The van der Waals surface area contributed by atoms with Gasteiger partial charge in [0.1, 0.15) is 17.4 Å². The maximum Gasteiger partial charge on any atom is 0.273 e. The Hall–Kier alpha value is -4.18. The predicted octanol–water partition coefficient (Wildman–Crippen LogP) is 4.42. The van der Waals surface area contributed by atoms with Gasteiger partial charge in [0.05, 0.1) is 39.7 Å². The van der Waals surface area contributed by atoms with Crippen LogP contribution in [0.4, 0.5) is 4.39 Å². The molecule has 2 aliphatic carbocycles. The molecule has 8 nitrogen and oxygen atoms in total. The molecule has 4 aromatic rings. The number of aromatic amines is 1. The van der Waals surface area contributed by atoms with E-state index < -0.39 is 5.82 Å². The van der Waals surface area contributed by atoms with E-state index in [0.717, 1.165) is 25.7 Å². The van der Waals surface area contributed by atoms with Crippen molar-refractivity contribution in [3.8, 4) is 46.0 Å². The quantitative estimate of drug-likeness (QED) is 0.370. The molecule has 0 unspecified atom stereocenters. The third-order valence-corrected chi connectivity index (χ3v) is 7.03. The van der Waals surface area contributed by atoms with Crippen LogP contribution in [0, 0.1) is 34.9 Å². The lowest BCUT2D eigenvalue weighted by Gasteiger charge is -2.15. The summed E-state index contributed by atoms with van der Waals surface area (Å²) < 4.78 is 23.1. The molecule has 3 N–H and O–H groups in total. The van der Waals surface area contributed by atoms with Crippen molar-refractivity contribution in [2.24, 2.45) is 18.7 Å². The van der Waals surface area contributed by atoms with Crippen LogP contribution in [0.15, 0.2) is 29.2 Å². The number of hydrogen-bond donors (Lipinski definition) is 2. The lowest BCUT2D eigenvalue weighted by atomic mass is 9.93. The molecule has 2 aromatic carbocycles. The van der Waals surface area contributed by atoms with E-state index in [2.05, 4.69) is 33.2 Å². The standard InChI is InChI=1S/C28H22ClFN6O2/c1-36-27(25-19(11-31)23(38-17-6-7-17)10-21(29)26(25)30)20(13-33-36)16-8-15(5-4-14-2-3-14)24-18(9-16)22(12-32)34-35-28(24)37/h8-10,13-14,17H,2-3,6-7,12,32H2,1H3,(H,35,37). The van der Waals surface area contributed by atoms with Gasteiger partial charge in [0.15, 0.2) is 5.82 Å². The lowest BCUT2D eigenvalue weighted by molar-refractivity contribution is 0.302. The average Bonchev–Trinajstić information content (AvgIpc) is 3.84. The van der Waals surface area contributed by atoms with Crippen LogP contribution in [-0.2, 0) is 13.6 Å². The number of nitrogens with two attached hydrogens (primary N) is 1. The topological polar surface area (TPSA) is 123 Å². The first kappa shape index (κ1) is 24.2. The van der Waals surface area contributed by atoms with Gasteiger partial charge in [-0.1, -0.05) is 23.4 Å². The van der Waals surface area contributed by atoms with Crippen molar-refractivity contribution >= 4 is 22.4 Å². The number of nitrogens with one attached hydrogen (secondary N) is 1. The monoisotopic (exact) mass is 528 g/mol. The Morgan fingerprint density at radius 3 is 2.76 bits per heavy atom. The van der Waals surface area contributed by atoms with Crippen molar-refractivity contribution in [2.75, 3.05) is 0 Å². The largest absolute Gasteiger partial charge is 0.489 e. The van der Waals surface area contributed by atoms with Gasteiger partial charge < -0.3 is 10.5 Å². The van der Waals surface area contributed by atoms with E-state index in [-0.39, 0.29) is 40.1 Å². The maximum absolute atomic E-state index is 15.7. The number of ether oxygens (including phenoxy) is 1. The highest BCUT2D eigenvalue weighted by Crippen LogP contribution is 2.43. The second-order valence-corrected chi connectivity index (χ2v) is 9.98. The van der Waals surface area contributed by atoms with Crippen LogP contribution < -0.4 is 16.0 Å². The summed E-state index contributed by atoms with van der Waals surface area (Å²) in [7, 11) is 1.66. The van der Waals surface area contributed by atoms with Gasteiger partial charge in [-0.05, 0) is 43.4 Å². The fourth-order valence-electron chi connectivity index (χ4n) is 4.51. The Balaban J connectivity index is 1.63. The van der Waals surface area contributed by atoms with Crippen molar-refractivity contribution in [3.63, 3.8) is 0 Å². The third-order valence-electron chi connectivity index (χ3n) is 6.75. The minimum Gasteiger partial charge on any atom is -0.489 e. The molecule has 2 aliphatic rings. The first-order chi connectivity index (χ1) is 18.4. The predicted molar refractivity (Wildman–Crippen MR) is 141 cm³/mol. The maximum atomic E-state index is 15.7. The highest BCUT2D eigenvalue weighted by atomic mass is 35.5. The first-order valence-electron chi connectivity index (χ1n) is 12.3. The molecule has 0 aliphatic heterocycles. The molecule has 0 atom stereocenters. The minimum atomic E-state index is -0.744. The number of nitrogens with zero attached hydrogens (tertiary/aromatic N) is 4. The second-order valence-electron chi connectivity index (χ2n) is 9.57. The number of halogens is 2. The molecule has 0 bridgehead atoms. The van der Waals surface area contributed by atoms with E-state index in [4.69, 9.17) is 22.1 Å². The van der Waals surface area contributed by atoms with Gasteiger partial charge in [0.25, 0.3) is 5.56 Å². The van der Waals surface area contributed by atoms with E-state index in [9.17, 15) is 10.1 Å². The highest BCUT2D eigenvalue weighted by Gasteiger charge is 2.30. The number of aromatic nitrogens is 4. The van der Waals surface area contributed by atoms with Crippen LogP contribution in [0.5, 0.6) is 5.75 Å². The Kier molecular flexibility index (Phi) is 5.91. The first-order valence-corrected chi connectivity index (χ1v) is 12.7. The molecule has 0 saturated heterocycles. The lowest BCUT2D eigenvalue weighted by Crippen LogP contribution is -2.14. The molecule has 2 aromatic heterocycles. The van der Waals surface area contributed by atoms with Gasteiger partial charge in [-0.15, -0.1) is 0 Å². The molecule has 0 radical (unpaired) electrons. The fourth-order valence-corrected chi connectivity index (χ4v) is 4.70. The number of rotatable bonds is 5. The summed E-state index contributed by atoms with van der Waals surface area (Å²) in [4.78, 5) is 12.8. The van der Waals surface area contributed by atoms with Gasteiger partial charge in [-0.3, -0.25) is 9.48 Å². The number of hydrogen-bond acceptors (Lipinski definition) is 6. The average molecular weight is 529 g/mol. The number of fused-ring (bicyclic) bond motifs is 1. The van der Waals surface area contributed by atoms with E-state index in [1.165, 1.54) is 10.7 Å². The number of benzene rings is 2. The molecule has 0 spiro atoms. The highest BCUT2D eigenvalue weighted by molar-refractivity contribution is 6.31. The number of aryl methyl sites for hydroxylation is 1. The van der Waals surface area contributed by atoms with Crippen LogP contribution in [0.1, 0.15) is 42.5 Å². The van der Waals surface area contributed by atoms with Gasteiger partial charge in [-0.2, -0.15) is 15.5 Å². The second kappa shape index (κ2) is 9.29. The SMILES string of the molecule is Cn1ncc(-c2cc(C#CC3CC3)c3c(=O)[nH]nc(CN)c3c2)c1-c1c(F)c(Cl)cc(OC2CC2)c1C#N. The van der Waals surface area contributed by atoms with Crippen molar-refractivity contribution in [1.82, 2.24) is 20.0 Å². The van der Waals surface area contributed by atoms with Crippen molar-refractivity contribution in [1.29, 1.82) is 5.26 Å². The summed E-state index contributed by atoms with van der Waals surface area (Å²) in [5.74, 6) is 6.18. The molecule has 2 saturated carbocycles. The van der Waals surface area contributed by atoms with Gasteiger partial charge in [0.2, 0.25) is 0 Å². The third kappa shape index (κ3) is 4.20.